The molecule has 2 fully saturated rings. The number of benzene rings is 1. The van der Waals surface area contributed by atoms with Crippen molar-refractivity contribution < 1.29 is 28.5 Å². The summed E-state index contributed by atoms with van der Waals surface area (Å²) in [5, 5.41) is 1.39. The zero-order chi connectivity index (χ0) is 20.8. The van der Waals surface area contributed by atoms with Crippen molar-refractivity contribution in [1.82, 2.24) is 4.98 Å². The van der Waals surface area contributed by atoms with E-state index in [0.717, 1.165) is 10.9 Å². The van der Waals surface area contributed by atoms with Crippen molar-refractivity contribution in [2.45, 2.75) is 63.6 Å². The topological polar surface area (TPSA) is 84.0 Å². The van der Waals surface area contributed by atoms with Crippen molar-refractivity contribution in [3.05, 3.63) is 35.5 Å². The number of hydrogen-bond acceptors (Lipinski definition) is 7. The van der Waals surface area contributed by atoms with E-state index < -0.39 is 29.7 Å². The lowest BCUT2D eigenvalue weighted by molar-refractivity contribution is -0.191. The van der Waals surface area contributed by atoms with Gasteiger partial charge in [-0.15, -0.1) is 0 Å². The molecule has 1 aromatic heterocycles. The third kappa shape index (κ3) is 3.89. The zero-order valence-corrected chi connectivity index (χ0v) is 17.1. The molecular formula is C21H22ClNO6. The number of pyridine rings is 1. The number of halogens is 1. The fourth-order valence-electron chi connectivity index (χ4n) is 4.21. The monoisotopic (exact) mass is 419 g/mol. The Morgan fingerprint density at radius 1 is 1.14 bits per heavy atom. The Kier molecular flexibility index (Phi) is 5.12. The normalized spacial score (nSPS) is 30.8. The van der Waals surface area contributed by atoms with Gasteiger partial charge in [0.25, 0.3) is 0 Å². The Morgan fingerprint density at radius 3 is 2.52 bits per heavy atom. The van der Waals surface area contributed by atoms with E-state index in [9.17, 15) is 9.59 Å². The average Bonchev–Trinajstić information content (AvgIpc) is 2.86. The highest BCUT2D eigenvalue weighted by molar-refractivity contribution is 6.29. The van der Waals surface area contributed by atoms with E-state index in [-0.39, 0.29) is 12.2 Å². The Morgan fingerprint density at radius 2 is 1.83 bits per heavy atom. The summed E-state index contributed by atoms with van der Waals surface area (Å²) in [5.74, 6) is -0.195. The van der Waals surface area contributed by atoms with Crippen molar-refractivity contribution in [1.29, 1.82) is 0 Å². The molecule has 0 amide bonds. The van der Waals surface area contributed by atoms with Gasteiger partial charge < -0.3 is 18.9 Å². The predicted octanol–water partition coefficient (Wildman–Crippen LogP) is 3.45. The average molecular weight is 420 g/mol. The number of esters is 2. The van der Waals surface area contributed by atoms with Crippen molar-refractivity contribution in [3.63, 3.8) is 0 Å². The highest BCUT2D eigenvalue weighted by atomic mass is 35.5. The molecule has 0 radical (unpaired) electrons. The quantitative estimate of drug-likeness (QED) is 0.554. The summed E-state index contributed by atoms with van der Waals surface area (Å²) in [5.41, 5.74) is 0.0383. The minimum Gasteiger partial charge on any atom is -0.490 e. The zero-order valence-electron chi connectivity index (χ0n) is 16.4. The molecule has 2 heterocycles. The first-order chi connectivity index (χ1) is 13.8. The molecule has 3 atom stereocenters. The molecule has 1 aliphatic carbocycles. The number of carbonyl (C=O) groups is 2. The molecule has 1 unspecified atom stereocenters. The fourth-order valence-corrected chi connectivity index (χ4v) is 4.37. The van der Waals surface area contributed by atoms with E-state index in [4.69, 9.17) is 30.5 Å². The number of ether oxygens (including phenoxy) is 4. The van der Waals surface area contributed by atoms with Gasteiger partial charge in [-0.05, 0) is 31.2 Å². The molecule has 2 aliphatic rings. The lowest BCUT2D eigenvalue weighted by Crippen LogP contribution is -2.58. The smallest absolute Gasteiger partial charge is 0.303 e. The van der Waals surface area contributed by atoms with Gasteiger partial charge in [0.15, 0.2) is 12.2 Å². The number of nitrogens with zero attached hydrogens (tertiary/aromatic N) is 1. The predicted molar refractivity (Wildman–Crippen MR) is 105 cm³/mol. The SMILES string of the molecule is CC(=O)O[C@H]1C(C)O[C@]2(C[C@H](Oc3ccc4ccc(Cl)nc4c3)C2)[C@H]1OC(C)=O. The van der Waals surface area contributed by atoms with Gasteiger partial charge in [0.05, 0.1) is 11.6 Å². The minimum absolute atomic E-state index is 0.118. The standard InChI is InChI=1S/C21H22ClNO6/c1-11-19(26-12(2)24)20(27-13(3)25)21(29-11)9-16(10-21)28-15-6-4-14-5-7-18(22)23-17(14)8-15/h4-8,11,16,19-20H,9-10H2,1-3H3/t11?,16-,19-,20-,21-/m0/s1. The molecule has 4 rings (SSSR count). The summed E-state index contributed by atoms with van der Waals surface area (Å²) in [6, 6.07) is 9.30. The second-order valence-electron chi connectivity index (χ2n) is 7.63. The summed E-state index contributed by atoms with van der Waals surface area (Å²) in [6.07, 6.45) is -0.744. The van der Waals surface area contributed by atoms with Crippen LogP contribution in [-0.2, 0) is 23.8 Å². The van der Waals surface area contributed by atoms with Crippen LogP contribution in [-0.4, -0.2) is 46.9 Å². The molecule has 8 heteroatoms. The molecule has 0 N–H and O–H groups in total. The van der Waals surface area contributed by atoms with Gasteiger partial charge in [-0.2, -0.15) is 0 Å². The third-order valence-corrected chi connectivity index (χ3v) is 5.58. The first-order valence-electron chi connectivity index (χ1n) is 9.51. The molecular weight excluding hydrogens is 398 g/mol. The van der Waals surface area contributed by atoms with E-state index >= 15 is 0 Å². The van der Waals surface area contributed by atoms with E-state index in [1.807, 2.05) is 31.2 Å². The summed E-state index contributed by atoms with van der Waals surface area (Å²) in [7, 11) is 0. The van der Waals surface area contributed by atoms with Crippen LogP contribution < -0.4 is 4.74 Å². The van der Waals surface area contributed by atoms with Gasteiger partial charge in [-0.1, -0.05) is 11.6 Å². The molecule has 7 nitrogen and oxygen atoms in total. The Bertz CT molecular complexity index is 957. The molecule has 1 saturated carbocycles. The maximum absolute atomic E-state index is 11.6. The second-order valence-corrected chi connectivity index (χ2v) is 8.02. The second kappa shape index (κ2) is 7.46. The summed E-state index contributed by atoms with van der Waals surface area (Å²) >= 11 is 5.97. The molecule has 154 valence electrons. The van der Waals surface area contributed by atoms with Gasteiger partial charge in [-0.3, -0.25) is 9.59 Å². The van der Waals surface area contributed by atoms with Gasteiger partial charge in [0.2, 0.25) is 0 Å². The molecule has 1 spiro atoms. The van der Waals surface area contributed by atoms with Crippen LogP contribution in [0.2, 0.25) is 5.15 Å². The lowest BCUT2D eigenvalue weighted by atomic mass is 9.73. The van der Waals surface area contributed by atoms with Crippen LogP contribution in [0.3, 0.4) is 0 Å². The molecule has 0 bridgehead atoms. The van der Waals surface area contributed by atoms with Crippen molar-refractivity contribution >= 4 is 34.4 Å². The van der Waals surface area contributed by atoms with Crippen molar-refractivity contribution in [2.75, 3.05) is 0 Å². The minimum atomic E-state index is -0.714. The van der Waals surface area contributed by atoms with E-state index in [1.165, 1.54) is 13.8 Å². The first-order valence-corrected chi connectivity index (χ1v) is 9.89. The molecule has 1 aromatic carbocycles. The van der Waals surface area contributed by atoms with E-state index in [1.54, 1.807) is 6.07 Å². The van der Waals surface area contributed by atoms with Crippen LogP contribution >= 0.6 is 11.6 Å². The first kappa shape index (κ1) is 19.9. The summed E-state index contributed by atoms with van der Waals surface area (Å²) < 4.78 is 23.1. The number of hydrogen-bond donors (Lipinski definition) is 0. The Labute approximate surface area is 173 Å². The summed E-state index contributed by atoms with van der Waals surface area (Å²) in [6.45, 7) is 4.47. The van der Waals surface area contributed by atoms with Crippen LogP contribution in [0, 0.1) is 0 Å². The molecule has 1 aliphatic heterocycles. The van der Waals surface area contributed by atoms with Crippen LogP contribution in [0.5, 0.6) is 5.75 Å². The van der Waals surface area contributed by atoms with Gasteiger partial charge in [-0.25, -0.2) is 4.98 Å². The van der Waals surface area contributed by atoms with Crippen molar-refractivity contribution in [3.8, 4) is 5.75 Å². The largest absolute Gasteiger partial charge is 0.490 e. The summed E-state index contributed by atoms with van der Waals surface area (Å²) in [4.78, 5) is 27.4. The maximum Gasteiger partial charge on any atom is 0.303 e. The van der Waals surface area contributed by atoms with Crippen LogP contribution in [0.4, 0.5) is 0 Å². The van der Waals surface area contributed by atoms with E-state index in [0.29, 0.717) is 23.7 Å². The number of aromatic nitrogens is 1. The fraction of sp³-hybridized carbons (Fsp3) is 0.476. The van der Waals surface area contributed by atoms with Crippen molar-refractivity contribution in [2.24, 2.45) is 0 Å². The number of rotatable bonds is 4. The lowest BCUT2D eigenvalue weighted by Gasteiger charge is -2.46. The molecule has 2 aromatic rings. The Hall–Kier alpha value is -2.38. The van der Waals surface area contributed by atoms with Gasteiger partial charge >= 0.3 is 11.9 Å². The van der Waals surface area contributed by atoms with Gasteiger partial charge in [0.1, 0.15) is 22.6 Å². The highest BCUT2D eigenvalue weighted by Gasteiger charge is 2.64. The van der Waals surface area contributed by atoms with Crippen LogP contribution in [0.1, 0.15) is 33.6 Å². The highest BCUT2D eigenvalue weighted by Crippen LogP contribution is 2.49. The molecule has 29 heavy (non-hydrogen) atoms. The number of fused-ring (bicyclic) bond motifs is 1. The van der Waals surface area contributed by atoms with Crippen LogP contribution in [0.15, 0.2) is 30.3 Å². The van der Waals surface area contributed by atoms with Crippen LogP contribution in [0.25, 0.3) is 10.9 Å². The molecule has 1 saturated heterocycles. The van der Waals surface area contributed by atoms with Gasteiger partial charge in [0, 0.05) is 38.1 Å². The third-order valence-electron chi connectivity index (χ3n) is 5.37. The Balaban J connectivity index is 1.48. The maximum atomic E-state index is 11.6. The van der Waals surface area contributed by atoms with E-state index in [2.05, 4.69) is 4.98 Å². The number of carbonyl (C=O) groups excluding carboxylic acids is 2.